The van der Waals surface area contributed by atoms with Gasteiger partial charge in [0.1, 0.15) is 36.3 Å². The van der Waals surface area contributed by atoms with Gasteiger partial charge < -0.3 is 19.3 Å². The van der Waals surface area contributed by atoms with Gasteiger partial charge in [-0.25, -0.2) is 9.18 Å². The summed E-state index contributed by atoms with van der Waals surface area (Å²) in [6.45, 7) is 3.13. The molecule has 2 aliphatic rings. The first-order valence-corrected chi connectivity index (χ1v) is 11.4. The van der Waals surface area contributed by atoms with Crippen molar-refractivity contribution >= 4 is 12.0 Å². The largest absolute Gasteiger partial charge is 0.493 e. The Hall–Kier alpha value is -3.53. The number of fused-ring (bicyclic) bond motifs is 1. The normalized spacial score (nSPS) is 15.9. The fraction of sp³-hybridized carbons (Fsp3) is 0.346. The minimum atomic E-state index is -4.59. The van der Waals surface area contributed by atoms with Gasteiger partial charge in [-0.05, 0) is 42.7 Å². The zero-order valence-corrected chi connectivity index (χ0v) is 19.5. The van der Waals surface area contributed by atoms with Gasteiger partial charge in [0.15, 0.2) is 0 Å². The molecule has 6 nitrogen and oxygen atoms in total. The number of ether oxygens (including phenoxy) is 3. The Morgan fingerprint density at radius 2 is 2.00 bits per heavy atom. The highest BCUT2D eigenvalue weighted by Gasteiger charge is 2.34. The molecule has 192 valence electrons. The molecule has 0 aromatic heterocycles. The van der Waals surface area contributed by atoms with Crippen LogP contribution < -0.4 is 14.2 Å². The van der Waals surface area contributed by atoms with Crippen molar-refractivity contribution < 1.29 is 41.7 Å². The molecule has 0 unspecified atom stereocenters. The Morgan fingerprint density at radius 1 is 1.19 bits per heavy atom. The lowest BCUT2D eigenvalue weighted by molar-refractivity contribution is -0.139. The molecule has 10 heteroatoms. The number of carboxylic acids is 1. The van der Waals surface area contributed by atoms with Crippen molar-refractivity contribution in [1.82, 2.24) is 4.90 Å². The summed E-state index contributed by atoms with van der Waals surface area (Å²) in [5.74, 6) is -1.41. The molecule has 2 aromatic rings. The van der Waals surface area contributed by atoms with Crippen LogP contribution in [0.1, 0.15) is 30.0 Å². The fourth-order valence-corrected chi connectivity index (χ4v) is 4.14. The zero-order chi connectivity index (χ0) is 25.9. The second-order valence-electron chi connectivity index (χ2n) is 8.49. The third kappa shape index (κ3) is 5.99. The van der Waals surface area contributed by atoms with Gasteiger partial charge in [0.05, 0.1) is 17.7 Å². The third-order valence-electron chi connectivity index (χ3n) is 5.81. The van der Waals surface area contributed by atoms with Crippen LogP contribution in [0.25, 0.3) is 6.08 Å². The summed E-state index contributed by atoms with van der Waals surface area (Å²) in [6, 6.07) is 6.32. The molecule has 0 atom stereocenters. The standard InChI is InChI=1S/C26H25F4NO5/c1-2-34-23-6-5-16(9-21(23)26(28,29)30)14-35-19-10-22(27)20-8-17(15-36-24(20)11-19)12-31-7-3-4-18(13-31)25(32)33/h4-6,8-11H,2-3,7,12-15H2,1H3,(H,32,33). The van der Waals surface area contributed by atoms with Crippen molar-refractivity contribution in [2.24, 2.45) is 0 Å². The lowest BCUT2D eigenvalue weighted by Gasteiger charge is -2.28. The highest BCUT2D eigenvalue weighted by Crippen LogP contribution is 2.38. The van der Waals surface area contributed by atoms with Crippen LogP contribution in [0.2, 0.25) is 0 Å². The second-order valence-corrected chi connectivity index (χ2v) is 8.49. The molecule has 2 heterocycles. The van der Waals surface area contributed by atoms with E-state index in [-0.39, 0.29) is 48.2 Å². The van der Waals surface area contributed by atoms with E-state index in [0.29, 0.717) is 31.6 Å². The van der Waals surface area contributed by atoms with E-state index in [1.807, 2.05) is 4.90 Å². The van der Waals surface area contributed by atoms with E-state index >= 15 is 0 Å². The van der Waals surface area contributed by atoms with Crippen LogP contribution in [0, 0.1) is 5.82 Å². The molecule has 0 amide bonds. The van der Waals surface area contributed by atoms with Crippen LogP contribution in [-0.2, 0) is 17.6 Å². The van der Waals surface area contributed by atoms with Gasteiger partial charge in [-0.3, -0.25) is 4.90 Å². The van der Waals surface area contributed by atoms with Gasteiger partial charge in [0.25, 0.3) is 0 Å². The molecule has 0 bridgehead atoms. The first-order valence-electron chi connectivity index (χ1n) is 11.4. The summed E-state index contributed by atoms with van der Waals surface area (Å²) in [7, 11) is 0. The number of aliphatic carboxylic acids is 1. The average molecular weight is 507 g/mol. The van der Waals surface area contributed by atoms with Crippen molar-refractivity contribution in [1.29, 1.82) is 0 Å². The molecule has 36 heavy (non-hydrogen) atoms. The van der Waals surface area contributed by atoms with Crippen molar-refractivity contribution in [3.8, 4) is 17.2 Å². The number of carbonyl (C=O) groups is 1. The Morgan fingerprint density at radius 3 is 2.72 bits per heavy atom. The highest BCUT2D eigenvalue weighted by atomic mass is 19.4. The van der Waals surface area contributed by atoms with Crippen molar-refractivity contribution in [3.05, 3.63) is 70.1 Å². The molecule has 1 N–H and O–H groups in total. The third-order valence-corrected chi connectivity index (χ3v) is 5.81. The maximum absolute atomic E-state index is 14.9. The minimum absolute atomic E-state index is 0.0991. The highest BCUT2D eigenvalue weighted by molar-refractivity contribution is 5.87. The lowest BCUT2D eigenvalue weighted by atomic mass is 10.0. The number of nitrogens with zero attached hydrogens (tertiary/aromatic N) is 1. The van der Waals surface area contributed by atoms with Crippen LogP contribution in [-0.4, -0.2) is 48.8 Å². The lowest BCUT2D eigenvalue weighted by Crippen LogP contribution is -2.35. The number of hydrogen-bond acceptors (Lipinski definition) is 5. The van der Waals surface area contributed by atoms with Gasteiger partial charge >= 0.3 is 12.1 Å². The Labute approximate surface area is 205 Å². The SMILES string of the molecule is CCOc1ccc(COc2cc(F)c3c(c2)OCC(CN2CCC=C(C(=O)O)C2)=C3)cc1C(F)(F)F. The van der Waals surface area contributed by atoms with Crippen LogP contribution in [0.3, 0.4) is 0 Å². The van der Waals surface area contributed by atoms with Gasteiger partial charge in [-0.1, -0.05) is 12.1 Å². The molecule has 2 aromatic carbocycles. The van der Waals surface area contributed by atoms with Crippen molar-refractivity contribution in [3.63, 3.8) is 0 Å². The second kappa shape index (κ2) is 10.6. The predicted octanol–water partition coefficient (Wildman–Crippen LogP) is 5.31. The number of halogens is 4. The van der Waals surface area contributed by atoms with Crippen LogP contribution in [0.15, 0.2) is 47.6 Å². The van der Waals surface area contributed by atoms with E-state index in [2.05, 4.69) is 0 Å². The number of alkyl halides is 3. The maximum atomic E-state index is 14.9. The van der Waals surface area contributed by atoms with Crippen molar-refractivity contribution in [2.45, 2.75) is 26.1 Å². The van der Waals surface area contributed by atoms with E-state index in [1.165, 1.54) is 18.2 Å². The molecule has 0 aliphatic carbocycles. The van der Waals surface area contributed by atoms with E-state index in [1.54, 1.807) is 19.1 Å². The van der Waals surface area contributed by atoms with Gasteiger partial charge in [0.2, 0.25) is 0 Å². The summed E-state index contributed by atoms with van der Waals surface area (Å²) in [5, 5.41) is 9.20. The first kappa shape index (κ1) is 25.6. The molecule has 0 fully saturated rings. The molecular weight excluding hydrogens is 482 g/mol. The monoisotopic (exact) mass is 507 g/mol. The number of hydrogen-bond donors (Lipinski definition) is 1. The fourth-order valence-electron chi connectivity index (χ4n) is 4.14. The zero-order valence-electron chi connectivity index (χ0n) is 19.5. The molecule has 0 spiro atoms. The first-order chi connectivity index (χ1) is 17.1. The van der Waals surface area contributed by atoms with Gasteiger partial charge in [0, 0.05) is 37.3 Å². The summed E-state index contributed by atoms with van der Waals surface area (Å²) in [4.78, 5) is 13.2. The van der Waals surface area contributed by atoms with E-state index in [4.69, 9.17) is 14.2 Å². The van der Waals surface area contributed by atoms with Crippen LogP contribution in [0.5, 0.6) is 17.2 Å². The molecule has 2 aliphatic heterocycles. The van der Waals surface area contributed by atoms with E-state index in [0.717, 1.165) is 17.7 Å². The van der Waals surface area contributed by atoms with Crippen LogP contribution in [0.4, 0.5) is 17.6 Å². The minimum Gasteiger partial charge on any atom is -0.493 e. The predicted molar refractivity (Wildman–Crippen MR) is 124 cm³/mol. The molecule has 0 radical (unpaired) electrons. The topological polar surface area (TPSA) is 68.2 Å². The quantitative estimate of drug-likeness (QED) is 0.489. The summed E-state index contributed by atoms with van der Waals surface area (Å²) in [5.41, 5.74) is 0.735. The van der Waals surface area contributed by atoms with Gasteiger partial charge in [-0.2, -0.15) is 13.2 Å². The smallest absolute Gasteiger partial charge is 0.419 e. The summed E-state index contributed by atoms with van der Waals surface area (Å²) < 4.78 is 71.3. The van der Waals surface area contributed by atoms with Gasteiger partial charge in [-0.15, -0.1) is 0 Å². The number of carboxylic acid groups (broad SMARTS) is 1. The number of rotatable bonds is 8. The van der Waals surface area contributed by atoms with Crippen molar-refractivity contribution in [2.75, 3.05) is 32.8 Å². The molecular formula is C26H25F4NO5. The number of benzene rings is 2. The van der Waals surface area contributed by atoms with E-state index in [9.17, 15) is 27.5 Å². The Balaban J connectivity index is 1.45. The Bertz CT molecular complexity index is 1210. The molecule has 0 saturated heterocycles. The summed E-state index contributed by atoms with van der Waals surface area (Å²) in [6.07, 6.45) is -0.576. The average Bonchev–Trinajstić information content (AvgIpc) is 2.83. The Kier molecular flexibility index (Phi) is 7.53. The maximum Gasteiger partial charge on any atom is 0.419 e. The molecule has 4 rings (SSSR count). The van der Waals surface area contributed by atoms with Crippen LogP contribution >= 0.6 is 0 Å². The summed E-state index contributed by atoms with van der Waals surface area (Å²) >= 11 is 0. The van der Waals surface area contributed by atoms with E-state index < -0.39 is 23.5 Å². The molecule has 0 saturated carbocycles.